The van der Waals surface area contributed by atoms with E-state index in [0.29, 0.717) is 0 Å². The molecule has 1 aliphatic carbocycles. The predicted octanol–water partition coefficient (Wildman–Crippen LogP) is 5.72. The lowest BCUT2D eigenvalue weighted by Gasteiger charge is -1.99. The third-order valence-electron chi connectivity index (χ3n) is 4.47. The number of para-hydroxylation sites is 1. The molecule has 0 spiro atoms. The van der Waals surface area contributed by atoms with Crippen molar-refractivity contribution in [3.8, 4) is 17.5 Å². The van der Waals surface area contributed by atoms with E-state index in [1.54, 1.807) is 0 Å². The van der Waals surface area contributed by atoms with E-state index in [4.69, 9.17) is 9.40 Å². The lowest BCUT2D eigenvalue weighted by Crippen LogP contribution is -1.86. The number of thiazole rings is 1. The summed E-state index contributed by atoms with van der Waals surface area (Å²) in [5, 5.41) is 13.5. The van der Waals surface area contributed by atoms with Crippen molar-refractivity contribution in [2.45, 2.75) is 32.6 Å². The number of rotatable bonds is 2. The fourth-order valence-corrected chi connectivity index (χ4v) is 4.08. The Morgan fingerprint density at radius 1 is 1.26 bits per heavy atom. The van der Waals surface area contributed by atoms with Gasteiger partial charge in [-0.2, -0.15) is 5.26 Å². The molecule has 1 saturated carbocycles. The summed E-state index contributed by atoms with van der Waals surface area (Å²) in [5.41, 5.74) is 4.83. The van der Waals surface area contributed by atoms with Gasteiger partial charge in [0.05, 0.1) is 5.57 Å². The van der Waals surface area contributed by atoms with Crippen LogP contribution in [0.4, 0.5) is 0 Å². The minimum atomic E-state index is 0.771. The van der Waals surface area contributed by atoms with E-state index in [0.717, 1.165) is 51.4 Å². The summed E-state index contributed by atoms with van der Waals surface area (Å²) >= 11 is 1.53. The molecule has 0 unspecified atom stereocenters. The molecular weight excluding hydrogens is 304 g/mol. The Kier molecular flexibility index (Phi) is 3.51. The molecular formula is C19H16N2OS. The summed E-state index contributed by atoms with van der Waals surface area (Å²) in [6.07, 6.45) is 4.42. The fraction of sp³-hybridized carbons (Fsp3) is 0.263. The third-order valence-corrected chi connectivity index (χ3v) is 5.33. The molecule has 0 amide bonds. The van der Waals surface area contributed by atoms with Gasteiger partial charge in [-0.3, -0.25) is 0 Å². The van der Waals surface area contributed by atoms with Crippen LogP contribution in [0.3, 0.4) is 0 Å². The molecule has 0 aliphatic heterocycles. The monoisotopic (exact) mass is 320 g/mol. The van der Waals surface area contributed by atoms with Crippen LogP contribution in [0, 0.1) is 18.3 Å². The summed E-state index contributed by atoms with van der Waals surface area (Å²) in [6.45, 7) is 2.06. The normalized spacial score (nSPS) is 14.3. The van der Waals surface area contributed by atoms with E-state index < -0.39 is 0 Å². The van der Waals surface area contributed by atoms with Gasteiger partial charge in [-0.15, -0.1) is 11.3 Å². The summed E-state index contributed by atoms with van der Waals surface area (Å²) in [5.74, 6) is 0.808. The molecule has 1 fully saturated rings. The number of allylic oxidation sites excluding steroid dienone is 2. The minimum absolute atomic E-state index is 0.771. The van der Waals surface area contributed by atoms with Crippen LogP contribution in [0.2, 0.25) is 0 Å². The second-order valence-electron chi connectivity index (χ2n) is 5.89. The molecule has 4 heteroatoms. The SMILES string of the molecule is Cc1c(-c2csc(C(C#N)=C3CCCC3)n2)oc2ccccc12. The predicted molar refractivity (Wildman–Crippen MR) is 93.1 cm³/mol. The number of furan rings is 1. The smallest absolute Gasteiger partial charge is 0.157 e. The molecule has 1 aromatic carbocycles. The summed E-state index contributed by atoms with van der Waals surface area (Å²) < 4.78 is 5.98. The number of benzene rings is 1. The molecule has 114 valence electrons. The molecule has 2 aromatic heterocycles. The van der Waals surface area contributed by atoms with Gasteiger partial charge in [0, 0.05) is 16.3 Å². The van der Waals surface area contributed by atoms with Crippen LogP contribution in [0.25, 0.3) is 28.0 Å². The first kappa shape index (κ1) is 14.2. The van der Waals surface area contributed by atoms with Crippen molar-refractivity contribution in [3.05, 3.63) is 45.8 Å². The van der Waals surface area contributed by atoms with Crippen molar-refractivity contribution in [2.24, 2.45) is 0 Å². The van der Waals surface area contributed by atoms with Crippen LogP contribution in [0.1, 0.15) is 36.3 Å². The molecule has 1 aliphatic rings. The van der Waals surface area contributed by atoms with E-state index in [1.165, 1.54) is 29.8 Å². The zero-order chi connectivity index (χ0) is 15.8. The maximum Gasteiger partial charge on any atom is 0.157 e. The molecule has 0 bridgehead atoms. The fourth-order valence-electron chi connectivity index (χ4n) is 3.24. The number of hydrogen-bond donors (Lipinski definition) is 0. The van der Waals surface area contributed by atoms with Gasteiger partial charge in [0.1, 0.15) is 22.4 Å². The lowest BCUT2D eigenvalue weighted by atomic mass is 10.1. The average Bonchev–Trinajstić information content (AvgIpc) is 3.30. The molecule has 0 saturated heterocycles. The van der Waals surface area contributed by atoms with Crippen molar-refractivity contribution in [1.82, 2.24) is 4.98 Å². The quantitative estimate of drug-likeness (QED) is 0.568. The number of nitrogens with zero attached hydrogens (tertiary/aromatic N) is 2. The first-order chi connectivity index (χ1) is 11.3. The Morgan fingerprint density at radius 3 is 2.78 bits per heavy atom. The van der Waals surface area contributed by atoms with Gasteiger partial charge in [-0.25, -0.2) is 4.98 Å². The van der Waals surface area contributed by atoms with E-state index in [1.807, 2.05) is 23.6 Å². The van der Waals surface area contributed by atoms with Crippen molar-refractivity contribution in [1.29, 1.82) is 5.26 Å². The number of nitriles is 1. The second-order valence-corrected chi connectivity index (χ2v) is 6.75. The van der Waals surface area contributed by atoms with Crippen LogP contribution in [-0.2, 0) is 0 Å². The Labute approximate surface area is 138 Å². The van der Waals surface area contributed by atoms with Crippen molar-refractivity contribution >= 4 is 27.9 Å². The Morgan fingerprint density at radius 2 is 2.04 bits per heavy atom. The topological polar surface area (TPSA) is 49.8 Å². The molecule has 4 rings (SSSR count). The highest BCUT2D eigenvalue weighted by Crippen LogP contribution is 2.37. The lowest BCUT2D eigenvalue weighted by molar-refractivity contribution is 0.627. The molecule has 0 atom stereocenters. The van der Waals surface area contributed by atoms with Crippen molar-refractivity contribution in [3.63, 3.8) is 0 Å². The molecule has 3 aromatic rings. The maximum atomic E-state index is 9.52. The molecule has 3 nitrogen and oxygen atoms in total. The summed E-state index contributed by atoms with van der Waals surface area (Å²) in [4.78, 5) is 4.70. The van der Waals surface area contributed by atoms with Crippen molar-refractivity contribution < 1.29 is 4.42 Å². The van der Waals surface area contributed by atoms with Crippen LogP contribution >= 0.6 is 11.3 Å². The number of aromatic nitrogens is 1. The Bertz CT molecular complexity index is 947. The minimum Gasteiger partial charge on any atom is -0.454 e. The van der Waals surface area contributed by atoms with Gasteiger partial charge in [-0.05, 0) is 44.2 Å². The highest BCUT2D eigenvalue weighted by Gasteiger charge is 2.19. The highest BCUT2D eigenvalue weighted by atomic mass is 32.1. The van der Waals surface area contributed by atoms with E-state index in [2.05, 4.69) is 19.1 Å². The number of aryl methyl sites for hydroxylation is 1. The maximum absolute atomic E-state index is 9.52. The first-order valence-electron chi connectivity index (χ1n) is 7.84. The Balaban J connectivity index is 1.79. The van der Waals surface area contributed by atoms with Crippen LogP contribution in [-0.4, -0.2) is 4.98 Å². The van der Waals surface area contributed by atoms with Gasteiger partial charge < -0.3 is 4.42 Å². The first-order valence-corrected chi connectivity index (χ1v) is 8.72. The number of hydrogen-bond acceptors (Lipinski definition) is 4. The second kappa shape index (κ2) is 5.68. The van der Waals surface area contributed by atoms with Gasteiger partial charge in [0.25, 0.3) is 0 Å². The van der Waals surface area contributed by atoms with Crippen LogP contribution < -0.4 is 0 Å². The average molecular weight is 320 g/mol. The molecule has 23 heavy (non-hydrogen) atoms. The van der Waals surface area contributed by atoms with Crippen molar-refractivity contribution in [2.75, 3.05) is 0 Å². The van der Waals surface area contributed by atoms with Crippen LogP contribution in [0.15, 0.2) is 39.6 Å². The summed E-state index contributed by atoms with van der Waals surface area (Å²) in [6, 6.07) is 10.4. The summed E-state index contributed by atoms with van der Waals surface area (Å²) in [7, 11) is 0. The molecule has 2 heterocycles. The third kappa shape index (κ3) is 2.38. The van der Waals surface area contributed by atoms with E-state index >= 15 is 0 Å². The molecule has 0 radical (unpaired) electrons. The van der Waals surface area contributed by atoms with Crippen LogP contribution in [0.5, 0.6) is 0 Å². The van der Waals surface area contributed by atoms with Gasteiger partial charge in [-0.1, -0.05) is 18.2 Å². The van der Waals surface area contributed by atoms with E-state index in [-0.39, 0.29) is 0 Å². The largest absolute Gasteiger partial charge is 0.454 e. The zero-order valence-electron chi connectivity index (χ0n) is 12.9. The molecule has 0 N–H and O–H groups in total. The van der Waals surface area contributed by atoms with Gasteiger partial charge in [0.2, 0.25) is 0 Å². The van der Waals surface area contributed by atoms with Gasteiger partial charge in [0.15, 0.2) is 5.76 Å². The number of fused-ring (bicyclic) bond motifs is 1. The zero-order valence-corrected chi connectivity index (χ0v) is 13.7. The van der Waals surface area contributed by atoms with Gasteiger partial charge >= 0.3 is 0 Å². The Hall–Kier alpha value is -2.38. The standard InChI is InChI=1S/C19H16N2OS/c1-12-14-8-4-5-9-17(14)22-18(12)16-11-23-19(21-16)15(10-20)13-6-2-3-7-13/h4-5,8-9,11H,2-3,6-7H2,1H3. The van der Waals surface area contributed by atoms with E-state index in [9.17, 15) is 5.26 Å². The highest BCUT2D eigenvalue weighted by molar-refractivity contribution is 7.11.